The van der Waals surface area contributed by atoms with Crippen molar-refractivity contribution in [3.8, 4) is 28.7 Å². The van der Waals surface area contributed by atoms with Crippen molar-refractivity contribution in [1.29, 1.82) is 0 Å². The fourth-order valence-electron chi connectivity index (χ4n) is 5.39. The third-order valence-corrected chi connectivity index (χ3v) is 8.34. The molecule has 3 aliphatic heterocycles. The number of fused-ring (bicyclic) bond motifs is 1. The molecule has 0 aliphatic carbocycles. The number of phenols is 1. The summed E-state index contributed by atoms with van der Waals surface area (Å²) in [6.07, 6.45) is -16.7. The summed E-state index contributed by atoms with van der Waals surface area (Å²) in [4.78, 5) is 31.6. The quantitative estimate of drug-likeness (QED) is 0.137. The van der Waals surface area contributed by atoms with Crippen molar-refractivity contribution in [2.45, 2.75) is 80.9 Å². The Morgan fingerprint density at radius 3 is 2.23 bits per heavy atom. The standard InChI is InChI=1S/C28H35O18P/c1-10-21(31)23(33)25(35)27(42-10)41-9-19-22(32)24(34)26(36)28(45-19)43-12-6-13(29)20-14(30)8-16(44-18(20)7-12)11-3-4-15(40-2)17(5-11)46-47(37,38)39/h3-7,10,16,19,21-29,31-36H,8-9H2,1-2H3,(H2,37,38,39)/t10-,16?,19+,21-,22+,23+,24-,25+,26+,27+,28+/m0/s1. The SMILES string of the molecule is COc1ccc(C2CC(=O)c3c(O)cc(O[C@@H]4O[C@H](CO[C@@H]5O[C@@H](C)[C@H](O)[C@@H](O)[C@H]5O)[C@@H](O)[C@H](O)[C@H]4O)cc3O2)cc1OP(=O)(O)O. The normalized spacial score (nSPS) is 34.3. The zero-order chi connectivity index (χ0) is 34.4. The molecule has 0 saturated carbocycles. The van der Waals surface area contributed by atoms with Gasteiger partial charge in [0.2, 0.25) is 6.29 Å². The highest BCUT2D eigenvalue weighted by atomic mass is 31.2. The van der Waals surface area contributed by atoms with Gasteiger partial charge in [-0.3, -0.25) is 14.6 Å². The van der Waals surface area contributed by atoms with Crippen molar-refractivity contribution in [1.82, 2.24) is 0 Å². The van der Waals surface area contributed by atoms with Gasteiger partial charge < -0.3 is 68.7 Å². The van der Waals surface area contributed by atoms with Crippen LogP contribution in [0.4, 0.5) is 0 Å². The first-order valence-electron chi connectivity index (χ1n) is 14.3. The maximum Gasteiger partial charge on any atom is 0.524 e. The number of rotatable bonds is 9. The first kappa shape index (κ1) is 35.2. The van der Waals surface area contributed by atoms with E-state index in [2.05, 4.69) is 0 Å². The van der Waals surface area contributed by atoms with E-state index in [0.29, 0.717) is 0 Å². The number of aliphatic hydroxyl groups excluding tert-OH is 6. The summed E-state index contributed by atoms with van der Waals surface area (Å²) in [7, 11) is -3.71. The molecular formula is C28H35O18P. The smallest absolute Gasteiger partial charge is 0.507 e. The Labute approximate surface area is 266 Å². The molecule has 19 heteroatoms. The number of phosphoric acid groups is 1. The van der Waals surface area contributed by atoms with Crippen LogP contribution < -0.4 is 18.7 Å². The van der Waals surface area contributed by atoms with Gasteiger partial charge >= 0.3 is 7.82 Å². The minimum Gasteiger partial charge on any atom is -0.507 e. The van der Waals surface area contributed by atoms with Crippen molar-refractivity contribution in [2.75, 3.05) is 13.7 Å². The molecule has 0 spiro atoms. The van der Waals surface area contributed by atoms with Crippen molar-refractivity contribution in [2.24, 2.45) is 0 Å². The number of carbonyl (C=O) groups excluding carboxylic acids is 1. The van der Waals surface area contributed by atoms with Gasteiger partial charge in [0.1, 0.15) is 71.6 Å². The molecule has 2 aromatic rings. The van der Waals surface area contributed by atoms with Crippen molar-refractivity contribution in [3.63, 3.8) is 0 Å². The average molecular weight is 691 g/mol. The first-order chi connectivity index (χ1) is 22.1. The fraction of sp³-hybridized carbons (Fsp3) is 0.536. The Kier molecular flexibility index (Phi) is 10.3. The van der Waals surface area contributed by atoms with E-state index < -0.39 is 93.5 Å². The van der Waals surface area contributed by atoms with Gasteiger partial charge in [-0.25, -0.2) is 4.57 Å². The summed E-state index contributed by atoms with van der Waals surface area (Å²) in [5.74, 6) is -1.75. The fourth-order valence-corrected chi connectivity index (χ4v) is 5.79. The molecule has 9 N–H and O–H groups in total. The van der Waals surface area contributed by atoms with Crippen molar-refractivity contribution in [3.05, 3.63) is 41.5 Å². The van der Waals surface area contributed by atoms with Gasteiger partial charge in [-0.2, -0.15) is 0 Å². The van der Waals surface area contributed by atoms with Crippen LogP contribution in [0.25, 0.3) is 0 Å². The van der Waals surface area contributed by atoms with Crippen LogP contribution in [0.1, 0.15) is 35.4 Å². The number of aliphatic hydroxyl groups is 6. The number of methoxy groups -OCH3 is 1. The monoisotopic (exact) mass is 690 g/mol. The molecule has 2 fully saturated rings. The zero-order valence-corrected chi connectivity index (χ0v) is 25.7. The molecule has 47 heavy (non-hydrogen) atoms. The number of phosphoric ester groups is 1. The second-order valence-electron chi connectivity index (χ2n) is 11.2. The number of hydrogen-bond acceptors (Lipinski definition) is 16. The Hall–Kier alpha value is -3.10. The van der Waals surface area contributed by atoms with Crippen LogP contribution in [0.15, 0.2) is 30.3 Å². The maximum absolute atomic E-state index is 13.0. The third kappa shape index (κ3) is 7.49. The van der Waals surface area contributed by atoms with Gasteiger partial charge in [-0.05, 0) is 24.6 Å². The van der Waals surface area contributed by atoms with E-state index in [1.807, 2.05) is 0 Å². The number of carbonyl (C=O) groups is 1. The van der Waals surface area contributed by atoms with Crippen LogP contribution in [0.5, 0.6) is 28.7 Å². The summed E-state index contributed by atoms with van der Waals surface area (Å²) in [5.41, 5.74) is 0.0850. The van der Waals surface area contributed by atoms with E-state index in [9.17, 15) is 54.9 Å². The number of benzene rings is 2. The van der Waals surface area contributed by atoms with E-state index in [1.165, 1.54) is 38.3 Å². The van der Waals surface area contributed by atoms with Crippen LogP contribution in [0.2, 0.25) is 0 Å². The Morgan fingerprint density at radius 1 is 0.872 bits per heavy atom. The van der Waals surface area contributed by atoms with E-state index in [4.69, 9.17) is 32.9 Å². The summed E-state index contributed by atoms with van der Waals surface area (Å²) >= 11 is 0. The molecule has 11 atom stereocenters. The number of phenolic OH excluding ortho intramolecular Hbond substituents is 1. The van der Waals surface area contributed by atoms with Crippen molar-refractivity contribution < 1.29 is 87.8 Å². The second kappa shape index (κ2) is 13.8. The number of ketones is 1. The Balaban J connectivity index is 1.32. The minimum absolute atomic E-state index is 0.00313. The summed E-state index contributed by atoms with van der Waals surface area (Å²) in [6.45, 7) is 0.904. The molecular weight excluding hydrogens is 655 g/mol. The molecule has 5 rings (SSSR count). The van der Waals surface area contributed by atoms with E-state index in [-0.39, 0.29) is 40.5 Å². The molecule has 0 aromatic heterocycles. The van der Waals surface area contributed by atoms with Gasteiger partial charge in [-0.15, -0.1) is 0 Å². The van der Waals surface area contributed by atoms with Gasteiger partial charge in [0, 0.05) is 12.1 Å². The predicted molar refractivity (Wildman–Crippen MR) is 152 cm³/mol. The van der Waals surface area contributed by atoms with Crippen LogP contribution in [0.3, 0.4) is 0 Å². The molecule has 0 radical (unpaired) electrons. The second-order valence-corrected chi connectivity index (χ2v) is 12.4. The molecule has 0 bridgehead atoms. The number of Topliss-reactive ketones (excluding diaryl/α,β-unsaturated/α-hetero) is 1. The average Bonchev–Trinajstić information content (AvgIpc) is 3.00. The maximum atomic E-state index is 13.0. The minimum atomic E-state index is -4.97. The molecule has 260 valence electrons. The lowest BCUT2D eigenvalue weighted by Gasteiger charge is -2.42. The van der Waals surface area contributed by atoms with Gasteiger partial charge in [0.05, 0.1) is 26.2 Å². The van der Waals surface area contributed by atoms with Crippen molar-refractivity contribution >= 4 is 13.6 Å². The lowest BCUT2D eigenvalue weighted by Crippen LogP contribution is -2.61. The van der Waals surface area contributed by atoms with Crippen LogP contribution in [-0.2, 0) is 18.8 Å². The molecule has 3 aliphatic rings. The largest absolute Gasteiger partial charge is 0.524 e. The molecule has 2 aromatic carbocycles. The molecule has 18 nitrogen and oxygen atoms in total. The van der Waals surface area contributed by atoms with Gasteiger partial charge in [0.25, 0.3) is 0 Å². The van der Waals surface area contributed by atoms with E-state index >= 15 is 0 Å². The number of ether oxygens (including phenoxy) is 6. The van der Waals surface area contributed by atoms with E-state index in [0.717, 1.165) is 6.07 Å². The van der Waals surface area contributed by atoms with E-state index in [1.54, 1.807) is 0 Å². The highest BCUT2D eigenvalue weighted by molar-refractivity contribution is 7.46. The number of aromatic hydroxyl groups is 1. The molecule has 3 heterocycles. The lowest BCUT2D eigenvalue weighted by molar-refractivity contribution is -0.318. The first-order valence-corrected chi connectivity index (χ1v) is 15.8. The van der Waals surface area contributed by atoms with Crippen LogP contribution in [0, 0.1) is 0 Å². The van der Waals surface area contributed by atoms with Gasteiger partial charge in [-0.1, -0.05) is 6.07 Å². The highest BCUT2D eigenvalue weighted by Gasteiger charge is 2.47. The Morgan fingerprint density at radius 2 is 1.55 bits per heavy atom. The zero-order valence-electron chi connectivity index (χ0n) is 24.8. The van der Waals surface area contributed by atoms with Gasteiger partial charge in [0.15, 0.2) is 23.6 Å². The summed E-state index contributed by atoms with van der Waals surface area (Å²) in [5, 5.41) is 72.3. The Bertz CT molecular complexity index is 1500. The lowest BCUT2D eigenvalue weighted by atomic mass is 9.95. The molecule has 0 amide bonds. The van der Waals surface area contributed by atoms with Crippen LogP contribution >= 0.6 is 7.82 Å². The molecule has 1 unspecified atom stereocenters. The topological polar surface area (TPSA) is 281 Å². The summed E-state index contributed by atoms with van der Waals surface area (Å²) in [6, 6.07) is 6.31. The number of hydrogen-bond donors (Lipinski definition) is 9. The highest BCUT2D eigenvalue weighted by Crippen LogP contribution is 2.46. The van der Waals surface area contributed by atoms with Crippen LogP contribution in [-0.4, -0.2) is 126 Å². The summed E-state index contributed by atoms with van der Waals surface area (Å²) < 4.78 is 49.3. The predicted octanol–water partition coefficient (Wildman–Crippen LogP) is -1.39. The molecule has 2 saturated heterocycles. The third-order valence-electron chi connectivity index (χ3n) is 7.90.